The Morgan fingerprint density at radius 2 is 1.91 bits per heavy atom. The van der Waals surface area contributed by atoms with Crippen LogP contribution in [0.5, 0.6) is 0 Å². The highest BCUT2D eigenvalue weighted by molar-refractivity contribution is 6.30. The van der Waals surface area contributed by atoms with Gasteiger partial charge in [0.25, 0.3) is 0 Å². The van der Waals surface area contributed by atoms with E-state index >= 15 is 0 Å². The van der Waals surface area contributed by atoms with Gasteiger partial charge < -0.3 is 4.85 Å². The molecule has 0 N–H and O–H groups in total. The molecule has 2 heteroatoms. The monoisotopic (exact) mass is 165 g/mol. The zero-order valence-electron chi connectivity index (χ0n) is 6.21. The van der Waals surface area contributed by atoms with Crippen molar-refractivity contribution in [1.29, 1.82) is 0 Å². The van der Waals surface area contributed by atoms with Crippen molar-refractivity contribution in [3.8, 4) is 0 Å². The lowest BCUT2D eigenvalue weighted by molar-refractivity contribution is 0.962. The number of hydrogen-bond acceptors (Lipinski definition) is 0. The molecule has 1 rings (SSSR count). The van der Waals surface area contributed by atoms with Gasteiger partial charge in [-0.15, -0.1) is 0 Å². The molecular formula is C9H8ClN. The Hall–Kier alpha value is -1.00. The Bertz CT molecular complexity index is 271. The Morgan fingerprint density at radius 1 is 1.36 bits per heavy atom. The van der Waals surface area contributed by atoms with Crippen molar-refractivity contribution in [2.45, 2.75) is 13.0 Å². The first-order valence-electron chi connectivity index (χ1n) is 3.36. The minimum absolute atomic E-state index is 0.0627. The molecule has 1 aromatic carbocycles. The SMILES string of the molecule is [C-]#[N+]C(C)c1ccc(Cl)cc1. The van der Waals surface area contributed by atoms with Gasteiger partial charge in [-0.3, -0.25) is 0 Å². The van der Waals surface area contributed by atoms with E-state index in [1.165, 1.54) is 0 Å². The number of benzene rings is 1. The zero-order chi connectivity index (χ0) is 8.27. The second-order valence-corrected chi connectivity index (χ2v) is 2.79. The van der Waals surface area contributed by atoms with E-state index in [1.54, 1.807) is 12.1 Å². The van der Waals surface area contributed by atoms with E-state index in [0.717, 1.165) is 5.56 Å². The second-order valence-electron chi connectivity index (χ2n) is 2.36. The maximum atomic E-state index is 6.79. The van der Waals surface area contributed by atoms with Gasteiger partial charge in [-0.25, -0.2) is 6.57 Å². The fraction of sp³-hybridized carbons (Fsp3) is 0.222. The molecule has 0 heterocycles. The molecule has 0 aromatic heterocycles. The summed E-state index contributed by atoms with van der Waals surface area (Å²) >= 11 is 5.68. The van der Waals surface area contributed by atoms with E-state index < -0.39 is 0 Å². The van der Waals surface area contributed by atoms with Crippen LogP contribution < -0.4 is 0 Å². The summed E-state index contributed by atoms with van der Waals surface area (Å²) in [5.41, 5.74) is 1.02. The summed E-state index contributed by atoms with van der Waals surface area (Å²) in [4.78, 5) is 3.40. The zero-order valence-corrected chi connectivity index (χ0v) is 6.97. The third kappa shape index (κ3) is 1.96. The summed E-state index contributed by atoms with van der Waals surface area (Å²) in [5, 5.41) is 0.714. The Morgan fingerprint density at radius 3 is 2.36 bits per heavy atom. The summed E-state index contributed by atoms with van der Waals surface area (Å²) in [7, 11) is 0. The molecule has 11 heavy (non-hydrogen) atoms. The second kappa shape index (κ2) is 3.41. The topological polar surface area (TPSA) is 4.36 Å². The van der Waals surface area contributed by atoms with Crippen LogP contribution in [0.4, 0.5) is 0 Å². The van der Waals surface area contributed by atoms with Crippen molar-refractivity contribution in [2.24, 2.45) is 0 Å². The van der Waals surface area contributed by atoms with Gasteiger partial charge in [0.2, 0.25) is 6.04 Å². The number of halogens is 1. The summed E-state index contributed by atoms with van der Waals surface area (Å²) in [6, 6.07) is 7.31. The quantitative estimate of drug-likeness (QED) is 0.563. The molecule has 1 unspecified atom stereocenters. The van der Waals surface area contributed by atoms with Crippen LogP contribution in [0.3, 0.4) is 0 Å². The van der Waals surface area contributed by atoms with Crippen LogP contribution in [0.25, 0.3) is 4.85 Å². The van der Waals surface area contributed by atoms with Crippen LogP contribution in [-0.4, -0.2) is 0 Å². The van der Waals surface area contributed by atoms with Crippen molar-refractivity contribution in [2.75, 3.05) is 0 Å². The van der Waals surface area contributed by atoms with Gasteiger partial charge >= 0.3 is 0 Å². The van der Waals surface area contributed by atoms with E-state index in [-0.39, 0.29) is 6.04 Å². The molecule has 0 fully saturated rings. The van der Waals surface area contributed by atoms with Gasteiger partial charge in [-0.2, -0.15) is 0 Å². The molecule has 1 atom stereocenters. The first-order valence-corrected chi connectivity index (χ1v) is 3.74. The highest BCUT2D eigenvalue weighted by atomic mass is 35.5. The fourth-order valence-electron chi connectivity index (χ4n) is 0.816. The minimum Gasteiger partial charge on any atom is -0.309 e. The van der Waals surface area contributed by atoms with Gasteiger partial charge in [-0.05, 0) is 24.3 Å². The molecule has 0 aliphatic heterocycles. The molecule has 0 aliphatic carbocycles. The fourth-order valence-corrected chi connectivity index (χ4v) is 0.942. The normalized spacial score (nSPS) is 12.1. The summed E-state index contributed by atoms with van der Waals surface area (Å²) < 4.78 is 0. The standard InChI is InChI=1S/C9H8ClN/c1-7(11-2)8-3-5-9(10)6-4-8/h3-7H,1H3. The first-order chi connectivity index (χ1) is 5.24. The molecule has 0 saturated carbocycles. The Balaban J connectivity index is 2.92. The molecule has 0 aliphatic rings. The van der Waals surface area contributed by atoms with Gasteiger partial charge in [0.15, 0.2) is 0 Å². The van der Waals surface area contributed by atoms with E-state index in [0.29, 0.717) is 5.02 Å². The van der Waals surface area contributed by atoms with Gasteiger partial charge in [0, 0.05) is 17.5 Å². The van der Waals surface area contributed by atoms with Crippen LogP contribution in [0, 0.1) is 6.57 Å². The largest absolute Gasteiger partial charge is 0.309 e. The van der Waals surface area contributed by atoms with E-state index in [2.05, 4.69) is 4.85 Å². The molecule has 0 spiro atoms. The molecule has 56 valence electrons. The van der Waals surface area contributed by atoms with Crippen molar-refractivity contribution < 1.29 is 0 Å². The van der Waals surface area contributed by atoms with Crippen molar-refractivity contribution >= 4 is 11.6 Å². The minimum atomic E-state index is -0.0627. The van der Waals surface area contributed by atoms with E-state index in [4.69, 9.17) is 18.2 Å². The van der Waals surface area contributed by atoms with Crippen molar-refractivity contribution in [1.82, 2.24) is 0 Å². The Labute approximate surface area is 71.4 Å². The summed E-state index contributed by atoms with van der Waals surface area (Å²) in [5.74, 6) is 0. The third-order valence-electron chi connectivity index (χ3n) is 1.55. The molecule has 0 bridgehead atoms. The summed E-state index contributed by atoms with van der Waals surface area (Å²) in [6.45, 7) is 8.66. The lowest BCUT2D eigenvalue weighted by Gasteiger charge is -1.97. The van der Waals surface area contributed by atoms with E-state index in [9.17, 15) is 0 Å². The lowest BCUT2D eigenvalue weighted by Crippen LogP contribution is -1.84. The Kier molecular flexibility index (Phi) is 2.51. The molecule has 0 saturated heterocycles. The van der Waals surface area contributed by atoms with E-state index in [1.807, 2.05) is 19.1 Å². The molecule has 0 radical (unpaired) electrons. The smallest absolute Gasteiger partial charge is 0.245 e. The third-order valence-corrected chi connectivity index (χ3v) is 1.80. The van der Waals surface area contributed by atoms with Gasteiger partial charge in [-0.1, -0.05) is 11.6 Å². The number of nitrogens with zero attached hydrogens (tertiary/aromatic N) is 1. The maximum absolute atomic E-state index is 6.79. The van der Waals surface area contributed by atoms with Crippen molar-refractivity contribution in [3.05, 3.63) is 46.3 Å². The maximum Gasteiger partial charge on any atom is 0.245 e. The molecule has 1 aromatic rings. The highest BCUT2D eigenvalue weighted by Gasteiger charge is 2.06. The van der Waals surface area contributed by atoms with Crippen LogP contribution >= 0.6 is 11.6 Å². The van der Waals surface area contributed by atoms with Gasteiger partial charge in [0.1, 0.15) is 0 Å². The van der Waals surface area contributed by atoms with Crippen molar-refractivity contribution in [3.63, 3.8) is 0 Å². The van der Waals surface area contributed by atoms with Crippen LogP contribution in [0.2, 0.25) is 5.02 Å². The van der Waals surface area contributed by atoms with Crippen LogP contribution in [0.15, 0.2) is 24.3 Å². The predicted molar refractivity (Wildman–Crippen MR) is 46.5 cm³/mol. The average Bonchev–Trinajstić information content (AvgIpc) is 2.05. The number of rotatable bonds is 1. The molecule has 1 nitrogen and oxygen atoms in total. The highest BCUT2D eigenvalue weighted by Crippen LogP contribution is 2.18. The average molecular weight is 166 g/mol. The molecular weight excluding hydrogens is 158 g/mol. The predicted octanol–water partition coefficient (Wildman–Crippen LogP) is 3.32. The lowest BCUT2D eigenvalue weighted by atomic mass is 10.1. The first kappa shape index (κ1) is 8.10. The van der Waals surface area contributed by atoms with Crippen LogP contribution in [0.1, 0.15) is 18.5 Å². The van der Waals surface area contributed by atoms with Gasteiger partial charge in [0.05, 0.1) is 0 Å². The van der Waals surface area contributed by atoms with Crippen LogP contribution in [-0.2, 0) is 0 Å². The summed E-state index contributed by atoms with van der Waals surface area (Å²) in [6.07, 6.45) is 0. The molecule has 0 amide bonds. The number of hydrogen-bond donors (Lipinski definition) is 0.